The Hall–Kier alpha value is -1.71. The summed E-state index contributed by atoms with van der Waals surface area (Å²) in [5, 5.41) is 9.55. The zero-order valence-corrected chi connectivity index (χ0v) is 29.8. The van der Waals surface area contributed by atoms with Crippen LogP contribution in [0.1, 0.15) is 155 Å². The SMILES string of the molecule is CCCCCCCCCCCCCCC(=O)OC(COC(=O)CCCCCCCCCC)COC(OCC[N+](C)(C)C)C(=O)O. The van der Waals surface area contributed by atoms with Crippen LogP contribution in [0, 0.1) is 0 Å². The first-order chi connectivity index (χ1) is 21.6. The molecule has 0 saturated heterocycles. The number of unbranched alkanes of at least 4 members (excludes halogenated alkanes) is 18. The molecule has 0 rings (SSSR count). The lowest BCUT2D eigenvalue weighted by Crippen LogP contribution is -2.40. The van der Waals surface area contributed by atoms with Crippen LogP contribution < -0.4 is 0 Å². The lowest BCUT2D eigenvalue weighted by atomic mass is 10.0. The van der Waals surface area contributed by atoms with E-state index in [-0.39, 0.29) is 32.2 Å². The van der Waals surface area contributed by atoms with Crippen molar-refractivity contribution in [2.45, 2.75) is 167 Å². The maximum Gasteiger partial charge on any atom is 0.361 e. The van der Waals surface area contributed by atoms with Gasteiger partial charge in [-0.2, -0.15) is 0 Å². The minimum atomic E-state index is -1.50. The molecular weight excluding hydrogens is 574 g/mol. The molecule has 0 aromatic rings. The van der Waals surface area contributed by atoms with Crippen molar-refractivity contribution in [3.05, 3.63) is 0 Å². The number of ether oxygens (including phenoxy) is 4. The summed E-state index contributed by atoms with van der Waals surface area (Å²) in [5.74, 6) is -2.01. The number of carboxylic acids is 1. The molecule has 0 aliphatic rings. The molecule has 0 radical (unpaired) electrons. The number of likely N-dealkylation sites (N-methyl/N-ethyl adjacent to an activating group) is 1. The van der Waals surface area contributed by atoms with Crippen LogP contribution in [0.15, 0.2) is 0 Å². The fourth-order valence-electron chi connectivity index (χ4n) is 4.95. The standard InChI is InChI=1S/C36H69NO8/c1-6-8-10-12-14-16-17-18-19-21-23-25-27-34(39)45-32(31-44-36(35(40)41)42-29-28-37(3,4)5)30-43-33(38)26-24-22-20-15-13-11-9-7-2/h32,36H,6-31H2,1-5H3/p+1. The first-order valence-corrected chi connectivity index (χ1v) is 18.2. The molecule has 0 fully saturated rings. The van der Waals surface area contributed by atoms with Crippen LogP contribution in [-0.2, 0) is 33.3 Å². The van der Waals surface area contributed by atoms with Crippen molar-refractivity contribution in [2.24, 2.45) is 0 Å². The van der Waals surface area contributed by atoms with Gasteiger partial charge in [-0.1, -0.05) is 129 Å². The summed E-state index contributed by atoms with van der Waals surface area (Å²) < 4.78 is 22.5. The average Bonchev–Trinajstić information content (AvgIpc) is 2.98. The van der Waals surface area contributed by atoms with Crippen LogP contribution in [-0.4, -0.2) is 87.4 Å². The smallest absolute Gasteiger partial charge is 0.361 e. The van der Waals surface area contributed by atoms with E-state index in [4.69, 9.17) is 18.9 Å². The maximum absolute atomic E-state index is 12.6. The molecule has 1 N–H and O–H groups in total. The molecule has 0 bridgehead atoms. The van der Waals surface area contributed by atoms with Gasteiger partial charge in [-0.05, 0) is 12.8 Å². The van der Waals surface area contributed by atoms with Crippen LogP contribution >= 0.6 is 0 Å². The largest absolute Gasteiger partial charge is 0.477 e. The highest BCUT2D eigenvalue weighted by Crippen LogP contribution is 2.14. The Labute approximate surface area is 275 Å². The van der Waals surface area contributed by atoms with Crippen LogP contribution in [0.2, 0.25) is 0 Å². The van der Waals surface area contributed by atoms with Crippen molar-refractivity contribution in [3.63, 3.8) is 0 Å². The number of aliphatic carboxylic acids is 1. The summed E-state index contributed by atoms with van der Waals surface area (Å²) in [6.45, 7) is 4.82. The number of nitrogens with zero attached hydrogens (tertiary/aromatic N) is 1. The number of carbonyl (C=O) groups excluding carboxylic acids is 2. The molecular formula is C36H70NO8+. The van der Waals surface area contributed by atoms with Crippen molar-refractivity contribution in [1.29, 1.82) is 0 Å². The van der Waals surface area contributed by atoms with Gasteiger partial charge in [-0.25, -0.2) is 4.79 Å². The zero-order valence-electron chi connectivity index (χ0n) is 29.8. The van der Waals surface area contributed by atoms with E-state index in [1.165, 1.54) is 89.9 Å². The number of hydrogen-bond donors (Lipinski definition) is 1. The molecule has 0 aromatic carbocycles. The van der Waals surface area contributed by atoms with Gasteiger partial charge < -0.3 is 28.5 Å². The summed E-state index contributed by atoms with van der Waals surface area (Å²) in [7, 11) is 5.94. The number of hydrogen-bond acceptors (Lipinski definition) is 7. The van der Waals surface area contributed by atoms with Gasteiger partial charge in [0, 0.05) is 12.8 Å². The number of rotatable bonds is 33. The van der Waals surface area contributed by atoms with Gasteiger partial charge in [0.1, 0.15) is 13.2 Å². The van der Waals surface area contributed by atoms with Crippen LogP contribution in [0.25, 0.3) is 0 Å². The number of quaternary nitrogens is 1. The van der Waals surface area contributed by atoms with Gasteiger partial charge in [0.05, 0.1) is 34.4 Å². The predicted molar refractivity (Wildman–Crippen MR) is 180 cm³/mol. The second kappa shape index (κ2) is 29.7. The molecule has 0 spiro atoms. The van der Waals surface area contributed by atoms with Crippen LogP contribution in [0.3, 0.4) is 0 Å². The van der Waals surface area contributed by atoms with E-state index in [9.17, 15) is 19.5 Å². The maximum atomic E-state index is 12.6. The summed E-state index contributed by atoms with van der Waals surface area (Å²) in [4.78, 5) is 36.7. The second-order valence-electron chi connectivity index (χ2n) is 13.5. The van der Waals surface area contributed by atoms with Crippen LogP contribution in [0.5, 0.6) is 0 Å². The molecule has 0 amide bonds. The third kappa shape index (κ3) is 30.7. The Bertz CT molecular complexity index is 724. The summed E-state index contributed by atoms with van der Waals surface area (Å²) in [5.41, 5.74) is 0. The highest BCUT2D eigenvalue weighted by molar-refractivity contribution is 5.71. The monoisotopic (exact) mass is 645 g/mol. The summed E-state index contributed by atoms with van der Waals surface area (Å²) in [6.07, 6.45) is 21.7. The molecule has 2 atom stereocenters. The first kappa shape index (κ1) is 43.3. The lowest BCUT2D eigenvalue weighted by molar-refractivity contribution is -0.870. The topological polar surface area (TPSA) is 108 Å². The Morgan fingerprint density at radius 1 is 0.578 bits per heavy atom. The van der Waals surface area contributed by atoms with Gasteiger partial charge in [0.15, 0.2) is 6.10 Å². The highest BCUT2D eigenvalue weighted by Gasteiger charge is 2.25. The van der Waals surface area contributed by atoms with E-state index >= 15 is 0 Å². The normalized spacial score (nSPS) is 13.0. The molecule has 0 aromatic heterocycles. The van der Waals surface area contributed by atoms with Gasteiger partial charge in [-0.15, -0.1) is 0 Å². The van der Waals surface area contributed by atoms with Gasteiger partial charge in [0.25, 0.3) is 6.29 Å². The molecule has 0 aliphatic heterocycles. The first-order valence-electron chi connectivity index (χ1n) is 18.2. The van der Waals surface area contributed by atoms with E-state index in [2.05, 4.69) is 13.8 Å². The lowest BCUT2D eigenvalue weighted by Gasteiger charge is -2.25. The Morgan fingerprint density at radius 3 is 1.42 bits per heavy atom. The van der Waals surface area contributed by atoms with E-state index in [1.807, 2.05) is 21.1 Å². The van der Waals surface area contributed by atoms with Crippen molar-refractivity contribution in [3.8, 4) is 0 Å². The number of carboxylic acid groups (broad SMARTS) is 1. The highest BCUT2D eigenvalue weighted by atomic mass is 16.7. The van der Waals surface area contributed by atoms with E-state index < -0.39 is 24.3 Å². The fraction of sp³-hybridized carbons (Fsp3) is 0.917. The molecule has 0 saturated carbocycles. The molecule has 2 unspecified atom stereocenters. The Balaban J connectivity index is 4.55. The van der Waals surface area contributed by atoms with E-state index in [0.717, 1.165) is 38.5 Å². The third-order valence-corrected chi connectivity index (χ3v) is 7.86. The quantitative estimate of drug-likeness (QED) is 0.0330. The molecule has 9 nitrogen and oxygen atoms in total. The minimum absolute atomic E-state index is 0.175. The number of esters is 2. The molecule has 0 aliphatic carbocycles. The number of carbonyl (C=O) groups is 3. The van der Waals surface area contributed by atoms with Crippen molar-refractivity contribution in [2.75, 3.05) is 47.5 Å². The predicted octanol–water partition coefficient (Wildman–Crippen LogP) is 8.21. The van der Waals surface area contributed by atoms with Crippen molar-refractivity contribution >= 4 is 17.9 Å². The van der Waals surface area contributed by atoms with Crippen molar-refractivity contribution < 1.29 is 42.9 Å². The molecule has 0 heterocycles. The minimum Gasteiger partial charge on any atom is -0.477 e. The van der Waals surface area contributed by atoms with Gasteiger partial charge in [-0.3, -0.25) is 9.59 Å². The molecule has 9 heteroatoms. The molecule has 266 valence electrons. The molecule has 45 heavy (non-hydrogen) atoms. The second-order valence-corrected chi connectivity index (χ2v) is 13.5. The van der Waals surface area contributed by atoms with E-state index in [1.54, 1.807) is 0 Å². The van der Waals surface area contributed by atoms with Crippen molar-refractivity contribution in [1.82, 2.24) is 0 Å². The zero-order chi connectivity index (χ0) is 33.6. The average molecular weight is 645 g/mol. The van der Waals surface area contributed by atoms with Gasteiger partial charge in [0.2, 0.25) is 0 Å². The fourth-order valence-corrected chi connectivity index (χ4v) is 4.95. The summed E-state index contributed by atoms with van der Waals surface area (Å²) >= 11 is 0. The van der Waals surface area contributed by atoms with E-state index in [0.29, 0.717) is 17.4 Å². The Morgan fingerprint density at radius 2 is 1.00 bits per heavy atom. The van der Waals surface area contributed by atoms with Gasteiger partial charge >= 0.3 is 17.9 Å². The summed E-state index contributed by atoms with van der Waals surface area (Å²) in [6, 6.07) is 0. The Kier molecular flexibility index (Phi) is 28.5. The third-order valence-electron chi connectivity index (χ3n) is 7.86. The van der Waals surface area contributed by atoms with Crippen LogP contribution in [0.4, 0.5) is 0 Å².